The summed E-state index contributed by atoms with van der Waals surface area (Å²) in [7, 11) is 0. The van der Waals surface area contributed by atoms with Gasteiger partial charge in [-0.2, -0.15) is 8.78 Å². The van der Waals surface area contributed by atoms with Gasteiger partial charge in [0.15, 0.2) is 0 Å². The predicted molar refractivity (Wildman–Crippen MR) is 65.8 cm³/mol. The second kappa shape index (κ2) is 7.28. The van der Waals surface area contributed by atoms with Gasteiger partial charge in [0.2, 0.25) is 0 Å². The van der Waals surface area contributed by atoms with E-state index in [2.05, 4.69) is 10.1 Å². The molecule has 2 N–H and O–H groups in total. The third-order valence-corrected chi connectivity index (χ3v) is 2.68. The van der Waals surface area contributed by atoms with E-state index in [0.29, 0.717) is 12.0 Å². The lowest BCUT2D eigenvalue weighted by atomic mass is 10.0. The van der Waals surface area contributed by atoms with Crippen molar-refractivity contribution in [2.75, 3.05) is 6.61 Å². The molecule has 0 saturated carbocycles. The van der Waals surface area contributed by atoms with Gasteiger partial charge < -0.3 is 15.2 Å². The first-order valence-corrected chi connectivity index (χ1v) is 5.99. The highest BCUT2D eigenvalue weighted by molar-refractivity contribution is 5.36. The molecule has 18 heavy (non-hydrogen) atoms. The van der Waals surface area contributed by atoms with Gasteiger partial charge in [0.05, 0.1) is 6.61 Å². The molecule has 0 fully saturated rings. The zero-order valence-corrected chi connectivity index (χ0v) is 10.6. The van der Waals surface area contributed by atoms with E-state index < -0.39 is 6.61 Å². The highest BCUT2D eigenvalue weighted by atomic mass is 19.3. The van der Waals surface area contributed by atoms with Crippen molar-refractivity contribution in [2.45, 2.75) is 39.0 Å². The van der Waals surface area contributed by atoms with Crippen molar-refractivity contribution in [1.29, 1.82) is 0 Å². The lowest BCUT2D eigenvalue weighted by Crippen LogP contribution is -2.33. The van der Waals surface area contributed by atoms with E-state index in [-0.39, 0.29) is 24.4 Å². The van der Waals surface area contributed by atoms with Gasteiger partial charge in [-0.1, -0.05) is 25.1 Å². The van der Waals surface area contributed by atoms with Gasteiger partial charge in [-0.3, -0.25) is 0 Å². The molecule has 0 bridgehead atoms. The van der Waals surface area contributed by atoms with Crippen LogP contribution in [0.15, 0.2) is 24.3 Å². The summed E-state index contributed by atoms with van der Waals surface area (Å²) in [5.74, 6) is 0.178. The van der Waals surface area contributed by atoms with Gasteiger partial charge in [0, 0.05) is 17.6 Å². The summed E-state index contributed by atoms with van der Waals surface area (Å²) in [6.45, 7) is 0.938. The summed E-state index contributed by atoms with van der Waals surface area (Å²) < 4.78 is 29.1. The molecular formula is C13H19F2NO2. The van der Waals surface area contributed by atoms with E-state index in [1.807, 2.05) is 13.8 Å². The minimum atomic E-state index is -2.83. The van der Waals surface area contributed by atoms with Gasteiger partial charge in [0.1, 0.15) is 5.75 Å². The van der Waals surface area contributed by atoms with E-state index in [0.717, 1.165) is 0 Å². The Hall–Kier alpha value is -1.20. The van der Waals surface area contributed by atoms with E-state index >= 15 is 0 Å². The summed E-state index contributed by atoms with van der Waals surface area (Å²) in [6.07, 6.45) is 0.716. The number of hydrogen-bond donors (Lipinski definition) is 2. The normalized spacial score (nSPS) is 14.6. The van der Waals surface area contributed by atoms with Crippen LogP contribution in [-0.2, 0) is 0 Å². The fraction of sp³-hybridized carbons (Fsp3) is 0.538. The SMILES string of the molecule is CCC(N[C@H](C)CO)c1ccccc1OC(F)F. The van der Waals surface area contributed by atoms with Crippen LogP contribution in [0, 0.1) is 0 Å². The molecular weight excluding hydrogens is 240 g/mol. The third-order valence-electron chi connectivity index (χ3n) is 2.68. The standard InChI is InChI=1S/C13H19F2NO2/c1-3-11(16-9(2)8-17)10-6-4-5-7-12(10)18-13(14)15/h4-7,9,11,13,16-17H,3,8H2,1-2H3/t9-,11?/m1/s1. The molecule has 0 radical (unpaired) electrons. The summed E-state index contributed by atoms with van der Waals surface area (Å²) in [5.41, 5.74) is 0.681. The monoisotopic (exact) mass is 259 g/mol. The first-order valence-electron chi connectivity index (χ1n) is 5.99. The van der Waals surface area contributed by atoms with Crippen molar-refractivity contribution in [1.82, 2.24) is 5.32 Å². The summed E-state index contributed by atoms with van der Waals surface area (Å²) in [6, 6.07) is 6.49. The smallest absolute Gasteiger partial charge is 0.387 e. The summed E-state index contributed by atoms with van der Waals surface area (Å²) in [5, 5.41) is 12.2. The van der Waals surface area contributed by atoms with Crippen LogP contribution in [-0.4, -0.2) is 24.4 Å². The Kier molecular flexibility index (Phi) is 6.01. The number of hydrogen-bond acceptors (Lipinski definition) is 3. The van der Waals surface area contributed by atoms with Gasteiger partial charge in [-0.25, -0.2) is 0 Å². The first-order chi connectivity index (χ1) is 8.58. The molecule has 5 heteroatoms. The van der Waals surface area contributed by atoms with Gasteiger partial charge in [0.25, 0.3) is 0 Å². The Morgan fingerprint density at radius 2 is 2.00 bits per heavy atom. The van der Waals surface area contributed by atoms with Crippen LogP contribution in [0.2, 0.25) is 0 Å². The van der Waals surface area contributed by atoms with Crippen molar-refractivity contribution < 1.29 is 18.6 Å². The number of ether oxygens (including phenoxy) is 1. The molecule has 102 valence electrons. The molecule has 2 atom stereocenters. The van der Waals surface area contributed by atoms with Crippen molar-refractivity contribution in [3.05, 3.63) is 29.8 Å². The Bertz CT molecular complexity index is 361. The largest absolute Gasteiger partial charge is 0.434 e. The van der Waals surface area contributed by atoms with E-state index in [1.165, 1.54) is 6.07 Å². The number of halogens is 2. The van der Waals surface area contributed by atoms with E-state index in [4.69, 9.17) is 5.11 Å². The van der Waals surface area contributed by atoms with Crippen LogP contribution >= 0.6 is 0 Å². The molecule has 1 aromatic rings. The lowest BCUT2D eigenvalue weighted by Gasteiger charge is -2.23. The average molecular weight is 259 g/mol. The van der Waals surface area contributed by atoms with Crippen LogP contribution in [0.5, 0.6) is 5.75 Å². The number of rotatable bonds is 7. The zero-order chi connectivity index (χ0) is 13.5. The lowest BCUT2D eigenvalue weighted by molar-refractivity contribution is -0.0507. The van der Waals surface area contributed by atoms with Crippen LogP contribution in [0.3, 0.4) is 0 Å². The fourth-order valence-corrected chi connectivity index (χ4v) is 1.80. The van der Waals surface area contributed by atoms with Gasteiger partial charge in [-0.15, -0.1) is 0 Å². The Morgan fingerprint density at radius 1 is 1.33 bits per heavy atom. The van der Waals surface area contributed by atoms with Crippen molar-refractivity contribution in [3.8, 4) is 5.75 Å². The molecule has 0 aliphatic carbocycles. The number of para-hydroxylation sites is 1. The summed E-state index contributed by atoms with van der Waals surface area (Å²) in [4.78, 5) is 0. The highest BCUT2D eigenvalue weighted by Crippen LogP contribution is 2.28. The van der Waals surface area contributed by atoms with Crippen molar-refractivity contribution in [3.63, 3.8) is 0 Å². The Morgan fingerprint density at radius 3 is 2.56 bits per heavy atom. The maximum absolute atomic E-state index is 12.3. The molecule has 0 spiro atoms. The third kappa shape index (κ3) is 4.23. The van der Waals surface area contributed by atoms with Crippen LogP contribution < -0.4 is 10.1 Å². The molecule has 0 heterocycles. The number of aliphatic hydroxyl groups excluding tert-OH is 1. The average Bonchev–Trinajstić information content (AvgIpc) is 2.36. The minimum Gasteiger partial charge on any atom is -0.434 e. The maximum atomic E-state index is 12.3. The van der Waals surface area contributed by atoms with Crippen LogP contribution in [0.25, 0.3) is 0 Å². The minimum absolute atomic E-state index is 0.00558. The summed E-state index contributed by atoms with van der Waals surface area (Å²) >= 11 is 0. The van der Waals surface area contributed by atoms with E-state index in [9.17, 15) is 8.78 Å². The topological polar surface area (TPSA) is 41.5 Å². The Labute approximate surface area is 106 Å². The van der Waals surface area contributed by atoms with Crippen LogP contribution in [0.4, 0.5) is 8.78 Å². The Balaban J connectivity index is 2.90. The first kappa shape index (κ1) is 14.9. The zero-order valence-electron chi connectivity index (χ0n) is 10.6. The van der Waals surface area contributed by atoms with Crippen LogP contribution in [0.1, 0.15) is 31.9 Å². The maximum Gasteiger partial charge on any atom is 0.387 e. The molecule has 0 amide bonds. The molecule has 0 aliphatic heterocycles. The highest BCUT2D eigenvalue weighted by Gasteiger charge is 2.17. The second-order valence-corrected chi connectivity index (χ2v) is 4.13. The molecule has 0 saturated heterocycles. The molecule has 0 aromatic heterocycles. The number of alkyl halides is 2. The quantitative estimate of drug-likeness (QED) is 0.791. The number of nitrogens with one attached hydrogen (secondary N) is 1. The molecule has 3 nitrogen and oxygen atoms in total. The molecule has 1 rings (SSSR count). The van der Waals surface area contributed by atoms with Gasteiger partial charge in [-0.05, 0) is 19.4 Å². The van der Waals surface area contributed by atoms with Gasteiger partial charge >= 0.3 is 6.61 Å². The molecule has 1 unspecified atom stereocenters. The van der Waals surface area contributed by atoms with E-state index in [1.54, 1.807) is 18.2 Å². The molecule has 0 aliphatic rings. The van der Waals surface area contributed by atoms with Crippen molar-refractivity contribution in [2.24, 2.45) is 0 Å². The number of benzene rings is 1. The predicted octanol–water partition coefficient (Wildman–Crippen LogP) is 2.71. The molecule has 1 aromatic carbocycles. The van der Waals surface area contributed by atoms with Crippen molar-refractivity contribution >= 4 is 0 Å². The fourth-order valence-electron chi connectivity index (χ4n) is 1.80. The second-order valence-electron chi connectivity index (χ2n) is 4.13. The number of aliphatic hydroxyl groups is 1.